The molecule has 1 atom stereocenters. The molecule has 2 aliphatic rings. The molecule has 1 spiro atoms. The van der Waals surface area contributed by atoms with Crippen molar-refractivity contribution in [2.75, 3.05) is 32.8 Å². The monoisotopic (exact) mass is 327 g/mol. The lowest BCUT2D eigenvalue weighted by molar-refractivity contribution is -0.155. The Bertz CT molecular complexity index is 693. The van der Waals surface area contributed by atoms with Gasteiger partial charge in [0, 0.05) is 25.0 Å². The van der Waals surface area contributed by atoms with Gasteiger partial charge in [0.1, 0.15) is 18.5 Å². The van der Waals surface area contributed by atoms with Crippen LogP contribution in [0, 0.1) is 0 Å². The van der Waals surface area contributed by atoms with Gasteiger partial charge in [-0.25, -0.2) is 0 Å². The molecule has 1 N–H and O–H groups in total. The zero-order valence-electron chi connectivity index (χ0n) is 14.0. The maximum atomic E-state index is 10.4. The minimum Gasteiger partial charge on any atom is -0.490 e. The number of aliphatic hydroxyl groups is 1. The molecule has 0 amide bonds. The summed E-state index contributed by atoms with van der Waals surface area (Å²) in [6.45, 7) is 3.58. The molecule has 1 saturated heterocycles. The highest BCUT2D eigenvalue weighted by Gasteiger charge is 2.42. The third-order valence-corrected chi connectivity index (χ3v) is 5.24. The SMILES string of the molecule is OC(COc1cccc2ccccc12)CN1CCOC2(CCC2)C1. The normalized spacial score (nSPS) is 21.5. The molecule has 4 heteroatoms. The van der Waals surface area contributed by atoms with Crippen LogP contribution in [0.1, 0.15) is 19.3 Å². The van der Waals surface area contributed by atoms with Crippen LogP contribution in [0.4, 0.5) is 0 Å². The number of aliphatic hydroxyl groups excluding tert-OH is 1. The third-order valence-electron chi connectivity index (χ3n) is 5.24. The lowest BCUT2D eigenvalue weighted by atomic mass is 9.79. The van der Waals surface area contributed by atoms with E-state index in [1.54, 1.807) is 0 Å². The minimum atomic E-state index is -0.487. The van der Waals surface area contributed by atoms with Crippen LogP contribution in [0.2, 0.25) is 0 Å². The van der Waals surface area contributed by atoms with E-state index in [4.69, 9.17) is 9.47 Å². The van der Waals surface area contributed by atoms with Gasteiger partial charge in [0.25, 0.3) is 0 Å². The van der Waals surface area contributed by atoms with Crippen molar-refractivity contribution in [1.29, 1.82) is 0 Å². The maximum absolute atomic E-state index is 10.4. The van der Waals surface area contributed by atoms with Crippen molar-refractivity contribution in [2.45, 2.75) is 31.0 Å². The van der Waals surface area contributed by atoms with Crippen LogP contribution >= 0.6 is 0 Å². The summed E-state index contributed by atoms with van der Waals surface area (Å²) in [5.41, 5.74) is 0.0778. The predicted octanol–water partition coefficient (Wildman–Crippen LogP) is 2.83. The second-order valence-electron chi connectivity index (χ2n) is 7.06. The van der Waals surface area contributed by atoms with Gasteiger partial charge in [0.15, 0.2) is 0 Å². The predicted molar refractivity (Wildman–Crippen MR) is 94.4 cm³/mol. The summed E-state index contributed by atoms with van der Waals surface area (Å²) >= 11 is 0. The fourth-order valence-electron chi connectivity index (χ4n) is 3.81. The van der Waals surface area contributed by atoms with Gasteiger partial charge < -0.3 is 14.6 Å². The Morgan fingerprint density at radius 3 is 2.83 bits per heavy atom. The van der Waals surface area contributed by atoms with Gasteiger partial charge in [0.2, 0.25) is 0 Å². The van der Waals surface area contributed by atoms with Crippen LogP contribution in [-0.4, -0.2) is 54.6 Å². The molecule has 2 fully saturated rings. The molecule has 4 rings (SSSR count). The molecule has 24 heavy (non-hydrogen) atoms. The fourth-order valence-corrected chi connectivity index (χ4v) is 3.81. The van der Waals surface area contributed by atoms with Crippen molar-refractivity contribution in [3.63, 3.8) is 0 Å². The molecule has 2 aromatic rings. The van der Waals surface area contributed by atoms with E-state index in [1.807, 2.05) is 24.3 Å². The van der Waals surface area contributed by atoms with Crippen LogP contribution < -0.4 is 4.74 Å². The average molecular weight is 327 g/mol. The van der Waals surface area contributed by atoms with E-state index >= 15 is 0 Å². The first-order chi connectivity index (χ1) is 11.7. The van der Waals surface area contributed by atoms with Gasteiger partial charge in [-0.2, -0.15) is 0 Å². The summed E-state index contributed by atoms with van der Waals surface area (Å²) in [4.78, 5) is 2.32. The molecule has 2 aromatic carbocycles. The highest BCUT2D eigenvalue weighted by molar-refractivity contribution is 5.88. The second kappa shape index (κ2) is 6.71. The first-order valence-electron chi connectivity index (χ1n) is 8.89. The first-order valence-corrected chi connectivity index (χ1v) is 8.89. The number of hydrogen-bond donors (Lipinski definition) is 1. The quantitative estimate of drug-likeness (QED) is 0.917. The number of fused-ring (bicyclic) bond motifs is 1. The number of β-amino-alcohol motifs (C(OH)–C–C–N with tert-alkyl or cyclic N) is 1. The largest absolute Gasteiger partial charge is 0.490 e. The Balaban J connectivity index is 1.33. The highest BCUT2D eigenvalue weighted by Crippen LogP contribution is 2.38. The fraction of sp³-hybridized carbons (Fsp3) is 0.500. The summed E-state index contributed by atoms with van der Waals surface area (Å²) in [6.07, 6.45) is 3.10. The lowest BCUT2D eigenvalue weighted by Gasteiger charge is -2.48. The Morgan fingerprint density at radius 2 is 2.00 bits per heavy atom. The Kier molecular flexibility index (Phi) is 4.44. The molecule has 1 aliphatic carbocycles. The second-order valence-corrected chi connectivity index (χ2v) is 7.06. The molecule has 0 bridgehead atoms. The maximum Gasteiger partial charge on any atom is 0.127 e. The van der Waals surface area contributed by atoms with E-state index in [0.29, 0.717) is 13.2 Å². The summed E-state index contributed by atoms with van der Waals surface area (Å²) in [5.74, 6) is 0.838. The van der Waals surface area contributed by atoms with Crippen molar-refractivity contribution in [3.05, 3.63) is 42.5 Å². The molecule has 0 radical (unpaired) electrons. The summed E-state index contributed by atoms with van der Waals surface area (Å²) < 4.78 is 11.8. The Morgan fingerprint density at radius 1 is 1.17 bits per heavy atom. The van der Waals surface area contributed by atoms with E-state index in [2.05, 4.69) is 23.1 Å². The van der Waals surface area contributed by atoms with E-state index < -0.39 is 6.10 Å². The van der Waals surface area contributed by atoms with Gasteiger partial charge in [-0.15, -0.1) is 0 Å². The van der Waals surface area contributed by atoms with E-state index in [0.717, 1.165) is 49.1 Å². The van der Waals surface area contributed by atoms with Gasteiger partial charge in [-0.05, 0) is 30.7 Å². The summed E-state index contributed by atoms with van der Waals surface area (Å²) in [5, 5.41) is 12.6. The zero-order valence-corrected chi connectivity index (χ0v) is 14.0. The Labute approximate surface area is 143 Å². The molecular weight excluding hydrogens is 302 g/mol. The van der Waals surface area contributed by atoms with Gasteiger partial charge in [0.05, 0.1) is 12.2 Å². The number of benzene rings is 2. The molecule has 1 unspecified atom stereocenters. The molecule has 1 heterocycles. The van der Waals surface area contributed by atoms with Crippen molar-refractivity contribution >= 4 is 10.8 Å². The van der Waals surface area contributed by atoms with Crippen molar-refractivity contribution in [2.24, 2.45) is 0 Å². The van der Waals surface area contributed by atoms with Crippen LogP contribution in [0.5, 0.6) is 5.75 Å². The number of morpholine rings is 1. The number of nitrogens with zero attached hydrogens (tertiary/aromatic N) is 1. The molecule has 0 aromatic heterocycles. The molecule has 128 valence electrons. The third kappa shape index (κ3) is 3.27. The number of ether oxygens (including phenoxy) is 2. The van der Waals surface area contributed by atoms with Crippen molar-refractivity contribution < 1.29 is 14.6 Å². The number of rotatable bonds is 5. The first kappa shape index (κ1) is 15.9. The molecule has 1 saturated carbocycles. The summed E-state index contributed by atoms with van der Waals surface area (Å²) in [7, 11) is 0. The zero-order chi connectivity index (χ0) is 16.4. The van der Waals surface area contributed by atoms with Gasteiger partial charge in [-0.3, -0.25) is 4.90 Å². The smallest absolute Gasteiger partial charge is 0.127 e. The molecular formula is C20H25NO3. The lowest BCUT2D eigenvalue weighted by Crippen LogP contribution is -2.57. The van der Waals surface area contributed by atoms with Crippen molar-refractivity contribution in [1.82, 2.24) is 4.90 Å². The van der Waals surface area contributed by atoms with E-state index in [9.17, 15) is 5.11 Å². The van der Waals surface area contributed by atoms with Crippen LogP contribution in [0.3, 0.4) is 0 Å². The summed E-state index contributed by atoms with van der Waals surface area (Å²) in [6, 6.07) is 14.2. The minimum absolute atomic E-state index is 0.0778. The van der Waals surface area contributed by atoms with E-state index in [1.165, 1.54) is 6.42 Å². The number of hydrogen-bond acceptors (Lipinski definition) is 4. The van der Waals surface area contributed by atoms with Crippen LogP contribution in [0.25, 0.3) is 10.8 Å². The molecule has 1 aliphatic heterocycles. The van der Waals surface area contributed by atoms with Crippen molar-refractivity contribution in [3.8, 4) is 5.75 Å². The van der Waals surface area contributed by atoms with Gasteiger partial charge in [-0.1, -0.05) is 36.4 Å². The Hall–Kier alpha value is -1.62. The van der Waals surface area contributed by atoms with Crippen LogP contribution in [0.15, 0.2) is 42.5 Å². The van der Waals surface area contributed by atoms with Gasteiger partial charge >= 0.3 is 0 Å². The topological polar surface area (TPSA) is 41.9 Å². The molecule has 4 nitrogen and oxygen atoms in total. The van der Waals surface area contributed by atoms with Crippen LogP contribution in [-0.2, 0) is 4.74 Å². The average Bonchev–Trinajstić information content (AvgIpc) is 2.59. The van der Waals surface area contributed by atoms with E-state index in [-0.39, 0.29) is 5.60 Å². The highest BCUT2D eigenvalue weighted by atomic mass is 16.5. The standard InChI is InChI=1S/C20H25NO3/c22-17(13-21-11-12-24-20(15-21)9-4-10-20)14-23-19-8-3-6-16-5-1-2-7-18(16)19/h1-3,5-8,17,22H,4,9-15H2.